The molecular weight excluding hydrogens is 480 g/mol. The minimum absolute atomic E-state index is 0.0284. The molecule has 0 saturated heterocycles. The fourth-order valence-corrected chi connectivity index (χ4v) is 3.94. The number of aromatic nitrogens is 7. The van der Waals surface area contributed by atoms with E-state index in [9.17, 15) is 9.65 Å². The number of ether oxygens (including phenoxy) is 1. The summed E-state index contributed by atoms with van der Waals surface area (Å²) in [4.78, 5) is 19.4. The van der Waals surface area contributed by atoms with E-state index in [-0.39, 0.29) is 28.2 Å². The number of fused-ring (bicyclic) bond motifs is 2. The van der Waals surface area contributed by atoms with Gasteiger partial charge >= 0.3 is 0 Å². The fourth-order valence-electron chi connectivity index (χ4n) is 3.94. The van der Waals surface area contributed by atoms with Crippen LogP contribution in [0.2, 0.25) is 0 Å². The van der Waals surface area contributed by atoms with E-state index in [0.29, 0.717) is 17.2 Å². The first-order valence-corrected chi connectivity index (χ1v) is 10.9. The van der Waals surface area contributed by atoms with Gasteiger partial charge in [0.1, 0.15) is 12.4 Å². The molecule has 12 heteroatoms. The number of halogens is 2. The van der Waals surface area contributed by atoms with Gasteiger partial charge in [0.15, 0.2) is 34.6 Å². The van der Waals surface area contributed by atoms with Crippen LogP contribution in [0, 0.1) is 29.9 Å². The molecule has 0 amide bonds. The molecule has 0 radical (unpaired) electrons. The van der Waals surface area contributed by atoms with Gasteiger partial charge in [-0.1, -0.05) is 6.07 Å². The van der Waals surface area contributed by atoms with Crippen LogP contribution in [-0.2, 0) is 0 Å². The Hall–Kier alpha value is -5.44. The highest BCUT2D eigenvalue weighted by atomic mass is 19.1. The SMILES string of the molecule is Cc1cc2c(F)c(Oc3ncnc(Nc4cc(-c5ccc6nccnc6c5)[nH]n4)c3C#N)cc(F)c2[nH]1. The maximum absolute atomic E-state index is 15.0. The van der Waals surface area contributed by atoms with Gasteiger partial charge in [-0.2, -0.15) is 10.4 Å². The van der Waals surface area contributed by atoms with Gasteiger partial charge in [0, 0.05) is 41.2 Å². The van der Waals surface area contributed by atoms with Crippen molar-refractivity contribution in [2.24, 2.45) is 0 Å². The monoisotopic (exact) mass is 495 g/mol. The van der Waals surface area contributed by atoms with Crippen LogP contribution < -0.4 is 10.1 Å². The first-order valence-electron chi connectivity index (χ1n) is 10.9. The minimum atomic E-state index is -0.783. The van der Waals surface area contributed by atoms with Gasteiger partial charge in [0.25, 0.3) is 0 Å². The normalized spacial score (nSPS) is 11.1. The third-order valence-electron chi connectivity index (χ3n) is 5.64. The van der Waals surface area contributed by atoms with Crippen LogP contribution in [-0.4, -0.2) is 35.1 Å². The number of hydrogen-bond donors (Lipinski definition) is 3. The standard InChI is InChI=1S/C25H15F2N9O/c1-12-6-14-22(27)20(8-16(26)23(14)33-12)37-25-15(10-28)24(31-11-32-25)34-21-9-18(35-36-21)13-2-3-17-19(7-13)30-5-4-29-17/h2-9,11,33H,1H3,(H2,31,32,34,35,36). The number of benzene rings is 2. The Morgan fingerprint density at radius 3 is 2.68 bits per heavy atom. The molecule has 0 spiro atoms. The van der Waals surface area contributed by atoms with Crippen molar-refractivity contribution in [2.75, 3.05) is 5.32 Å². The number of rotatable bonds is 5. The molecule has 180 valence electrons. The third kappa shape index (κ3) is 3.94. The van der Waals surface area contributed by atoms with Crippen molar-refractivity contribution in [2.45, 2.75) is 6.92 Å². The van der Waals surface area contributed by atoms with E-state index < -0.39 is 17.4 Å². The summed E-state index contributed by atoms with van der Waals surface area (Å²) >= 11 is 0. The van der Waals surface area contributed by atoms with Gasteiger partial charge in [-0.15, -0.1) is 0 Å². The van der Waals surface area contributed by atoms with Crippen molar-refractivity contribution >= 4 is 33.6 Å². The molecule has 2 aromatic carbocycles. The van der Waals surface area contributed by atoms with Crippen molar-refractivity contribution in [1.82, 2.24) is 35.1 Å². The zero-order valence-corrected chi connectivity index (χ0v) is 19.0. The summed E-state index contributed by atoms with van der Waals surface area (Å²) in [5, 5.41) is 19.9. The number of H-pyrrole nitrogens is 2. The van der Waals surface area contributed by atoms with Gasteiger partial charge in [0.2, 0.25) is 5.88 Å². The summed E-state index contributed by atoms with van der Waals surface area (Å²) < 4.78 is 35.1. The smallest absolute Gasteiger partial charge is 0.242 e. The Balaban J connectivity index is 1.30. The predicted molar refractivity (Wildman–Crippen MR) is 130 cm³/mol. The fraction of sp³-hybridized carbons (Fsp3) is 0.0400. The van der Waals surface area contributed by atoms with Crippen molar-refractivity contribution in [3.63, 3.8) is 0 Å². The number of nitrogens with zero attached hydrogens (tertiary/aromatic N) is 6. The summed E-state index contributed by atoms with van der Waals surface area (Å²) in [5.41, 5.74) is 3.51. The quantitative estimate of drug-likeness (QED) is 0.293. The number of aromatic amines is 2. The Bertz CT molecular complexity index is 1860. The maximum Gasteiger partial charge on any atom is 0.242 e. The van der Waals surface area contributed by atoms with Crippen LogP contribution in [0.15, 0.2) is 55.1 Å². The molecule has 0 aliphatic carbocycles. The molecule has 0 aliphatic heterocycles. The van der Waals surface area contributed by atoms with E-state index in [4.69, 9.17) is 4.74 Å². The van der Waals surface area contributed by atoms with E-state index in [1.807, 2.05) is 24.3 Å². The second-order valence-corrected chi connectivity index (χ2v) is 8.08. The molecule has 0 bridgehead atoms. The average molecular weight is 495 g/mol. The van der Waals surface area contributed by atoms with Gasteiger partial charge in [-0.3, -0.25) is 15.1 Å². The number of anilines is 2. The molecule has 0 saturated carbocycles. The van der Waals surface area contributed by atoms with Crippen molar-refractivity contribution in [1.29, 1.82) is 5.26 Å². The van der Waals surface area contributed by atoms with E-state index >= 15 is 4.39 Å². The number of hydrogen-bond acceptors (Lipinski definition) is 8. The van der Waals surface area contributed by atoms with Crippen LogP contribution in [0.1, 0.15) is 11.3 Å². The van der Waals surface area contributed by atoms with E-state index in [1.54, 1.807) is 25.4 Å². The lowest BCUT2D eigenvalue weighted by atomic mass is 10.1. The first-order chi connectivity index (χ1) is 18.0. The summed E-state index contributed by atoms with van der Waals surface area (Å²) in [6, 6.07) is 11.6. The van der Waals surface area contributed by atoms with Crippen molar-refractivity contribution in [3.05, 3.63) is 78.0 Å². The molecule has 0 fully saturated rings. The molecule has 3 N–H and O–H groups in total. The minimum Gasteiger partial charge on any atom is -0.434 e. The molecule has 6 aromatic rings. The molecule has 0 atom stereocenters. The summed E-state index contributed by atoms with van der Waals surface area (Å²) in [6.07, 6.45) is 4.38. The lowest BCUT2D eigenvalue weighted by molar-refractivity contribution is 0.424. The Morgan fingerprint density at radius 2 is 1.84 bits per heavy atom. The van der Waals surface area contributed by atoms with Gasteiger partial charge in [-0.25, -0.2) is 18.7 Å². The molecular formula is C25H15F2N9O. The summed E-state index contributed by atoms with van der Waals surface area (Å²) in [7, 11) is 0. The second-order valence-electron chi connectivity index (χ2n) is 8.08. The number of nitrogens with one attached hydrogen (secondary N) is 3. The molecule has 37 heavy (non-hydrogen) atoms. The Morgan fingerprint density at radius 1 is 1.00 bits per heavy atom. The Labute approximate surface area is 207 Å². The summed E-state index contributed by atoms with van der Waals surface area (Å²) in [5.74, 6) is -1.70. The molecule has 4 heterocycles. The van der Waals surface area contributed by atoms with Crippen molar-refractivity contribution in [3.8, 4) is 29.0 Å². The van der Waals surface area contributed by atoms with E-state index in [1.165, 1.54) is 6.07 Å². The van der Waals surface area contributed by atoms with E-state index in [0.717, 1.165) is 29.0 Å². The highest BCUT2D eigenvalue weighted by molar-refractivity contribution is 5.84. The lowest BCUT2D eigenvalue weighted by Gasteiger charge is -2.10. The van der Waals surface area contributed by atoms with Crippen LogP contribution >= 0.6 is 0 Å². The molecule has 0 aliphatic rings. The van der Waals surface area contributed by atoms with Gasteiger partial charge in [-0.05, 0) is 25.1 Å². The third-order valence-corrected chi connectivity index (χ3v) is 5.64. The molecule has 6 rings (SSSR count). The highest BCUT2D eigenvalue weighted by Gasteiger charge is 2.20. The largest absolute Gasteiger partial charge is 0.434 e. The number of aryl methyl sites for hydroxylation is 1. The molecule has 4 aromatic heterocycles. The van der Waals surface area contributed by atoms with Crippen LogP contribution in [0.5, 0.6) is 11.6 Å². The molecule has 0 unspecified atom stereocenters. The van der Waals surface area contributed by atoms with E-state index in [2.05, 4.69) is 40.4 Å². The first kappa shape index (κ1) is 22.1. The molecule has 10 nitrogen and oxygen atoms in total. The summed E-state index contributed by atoms with van der Waals surface area (Å²) in [6.45, 7) is 1.68. The number of nitriles is 1. The topological polar surface area (TPSA) is 141 Å². The van der Waals surface area contributed by atoms with Gasteiger partial charge < -0.3 is 15.0 Å². The van der Waals surface area contributed by atoms with Crippen LogP contribution in [0.25, 0.3) is 33.2 Å². The zero-order chi connectivity index (χ0) is 25.5. The lowest BCUT2D eigenvalue weighted by Crippen LogP contribution is -2.02. The zero-order valence-electron chi connectivity index (χ0n) is 19.0. The second kappa shape index (κ2) is 8.65. The maximum atomic E-state index is 15.0. The highest BCUT2D eigenvalue weighted by Crippen LogP contribution is 2.34. The Kier molecular flexibility index (Phi) is 5.16. The average Bonchev–Trinajstić information content (AvgIpc) is 3.54. The van der Waals surface area contributed by atoms with Gasteiger partial charge in [0.05, 0.1) is 22.2 Å². The van der Waals surface area contributed by atoms with Crippen LogP contribution in [0.4, 0.5) is 20.4 Å². The van der Waals surface area contributed by atoms with Crippen molar-refractivity contribution < 1.29 is 13.5 Å². The predicted octanol–water partition coefficient (Wildman–Crippen LogP) is 5.29. The van der Waals surface area contributed by atoms with Crippen LogP contribution in [0.3, 0.4) is 0 Å².